The van der Waals surface area contributed by atoms with Gasteiger partial charge in [-0.2, -0.15) is 11.3 Å². The predicted octanol–water partition coefficient (Wildman–Crippen LogP) is 1.69. The van der Waals surface area contributed by atoms with Gasteiger partial charge in [0.2, 0.25) is 11.8 Å². The lowest BCUT2D eigenvalue weighted by atomic mass is 10.1. The maximum atomic E-state index is 12.5. The van der Waals surface area contributed by atoms with Gasteiger partial charge in [0.15, 0.2) is 0 Å². The van der Waals surface area contributed by atoms with Gasteiger partial charge in [0.1, 0.15) is 0 Å². The Labute approximate surface area is 145 Å². The number of carbonyl (C=O) groups is 2. The molecule has 1 aliphatic rings. The lowest BCUT2D eigenvalue weighted by Gasteiger charge is -2.35. The van der Waals surface area contributed by atoms with Gasteiger partial charge in [-0.05, 0) is 28.5 Å². The van der Waals surface area contributed by atoms with Crippen LogP contribution in [0.25, 0.3) is 0 Å². The molecule has 128 valence electrons. The highest BCUT2D eigenvalue weighted by Gasteiger charge is 2.32. The summed E-state index contributed by atoms with van der Waals surface area (Å²) in [6, 6.07) is 3.45. The molecule has 24 heavy (non-hydrogen) atoms. The quantitative estimate of drug-likeness (QED) is 0.864. The van der Waals surface area contributed by atoms with E-state index in [1.807, 2.05) is 27.8 Å². The number of hydrogen-bond donors (Lipinski definition) is 1. The van der Waals surface area contributed by atoms with Crippen LogP contribution in [0.2, 0.25) is 0 Å². The van der Waals surface area contributed by atoms with Gasteiger partial charge in [0, 0.05) is 38.8 Å². The van der Waals surface area contributed by atoms with Gasteiger partial charge in [0.25, 0.3) is 0 Å². The van der Waals surface area contributed by atoms with Crippen LogP contribution in [-0.2, 0) is 22.7 Å². The van der Waals surface area contributed by atoms with Crippen LogP contribution in [0.5, 0.6) is 0 Å². The molecular formula is C17H21N3O3S. The maximum absolute atomic E-state index is 12.5. The van der Waals surface area contributed by atoms with Gasteiger partial charge in [0.05, 0.1) is 25.0 Å². The average Bonchev–Trinajstić information content (AvgIpc) is 3.24. The van der Waals surface area contributed by atoms with E-state index in [1.54, 1.807) is 35.8 Å². The van der Waals surface area contributed by atoms with Crippen LogP contribution in [0.1, 0.15) is 17.5 Å². The molecule has 3 heterocycles. The smallest absolute Gasteiger partial charge is 0.237 e. The van der Waals surface area contributed by atoms with Gasteiger partial charge in [-0.25, -0.2) is 0 Å². The molecule has 1 atom stereocenters. The Morgan fingerprint density at radius 2 is 2.33 bits per heavy atom. The lowest BCUT2D eigenvalue weighted by Crippen LogP contribution is -2.56. The zero-order chi connectivity index (χ0) is 16.9. The molecule has 0 aromatic carbocycles. The van der Waals surface area contributed by atoms with Gasteiger partial charge in [-0.1, -0.05) is 0 Å². The number of rotatable bonds is 6. The fraction of sp³-hybridized carbons (Fsp3) is 0.412. The van der Waals surface area contributed by atoms with Crippen molar-refractivity contribution in [2.24, 2.45) is 0 Å². The van der Waals surface area contributed by atoms with Crippen LogP contribution in [0, 0.1) is 0 Å². The van der Waals surface area contributed by atoms with Crippen LogP contribution in [0.4, 0.5) is 0 Å². The third-order valence-electron chi connectivity index (χ3n) is 4.20. The normalized spacial score (nSPS) is 18.4. The third-order valence-corrected chi connectivity index (χ3v) is 4.93. The van der Waals surface area contributed by atoms with E-state index in [9.17, 15) is 9.59 Å². The largest absolute Gasteiger partial charge is 0.472 e. The van der Waals surface area contributed by atoms with Gasteiger partial charge < -0.3 is 14.6 Å². The number of furan rings is 1. The van der Waals surface area contributed by atoms with Crippen LogP contribution < -0.4 is 5.32 Å². The van der Waals surface area contributed by atoms with Crippen LogP contribution in [-0.4, -0.2) is 47.8 Å². The van der Waals surface area contributed by atoms with Crippen LogP contribution >= 0.6 is 11.3 Å². The molecule has 2 aromatic rings. The van der Waals surface area contributed by atoms with Crippen molar-refractivity contribution in [3.63, 3.8) is 0 Å². The van der Waals surface area contributed by atoms with Gasteiger partial charge in [-0.15, -0.1) is 0 Å². The molecule has 1 saturated heterocycles. The monoisotopic (exact) mass is 347 g/mol. The summed E-state index contributed by atoms with van der Waals surface area (Å²) in [6.45, 7) is 2.50. The first kappa shape index (κ1) is 16.7. The number of amides is 2. The highest BCUT2D eigenvalue weighted by Crippen LogP contribution is 2.16. The van der Waals surface area contributed by atoms with Crippen molar-refractivity contribution in [3.05, 3.63) is 46.5 Å². The zero-order valence-electron chi connectivity index (χ0n) is 13.6. The van der Waals surface area contributed by atoms with Crippen molar-refractivity contribution in [1.82, 2.24) is 15.1 Å². The Bertz CT molecular complexity index is 669. The second kappa shape index (κ2) is 7.63. The summed E-state index contributed by atoms with van der Waals surface area (Å²) in [4.78, 5) is 28.5. The number of carbonyl (C=O) groups excluding carboxylic acids is 2. The molecule has 0 unspecified atom stereocenters. The molecule has 0 bridgehead atoms. The minimum absolute atomic E-state index is 0.0274. The van der Waals surface area contributed by atoms with E-state index in [-0.39, 0.29) is 18.2 Å². The first-order chi connectivity index (χ1) is 11.6. The highest BCUT2D eigenvalue weighted by atomic mass is 32.1. The number of piperazine rings is 1. The second-order valence-electron chi connectivity index (χ2n) is 5.99. The van der Waals surface area contributed by atoms with Crippen molar-refractivity contribution in [1.29, 1.82) is 0 Å². The summed E-state index contributed by atoms with van der Waals surface area (Å²) >= 11 is 1.61. The molecule has 0 aliphatic carbocycles. The molecule has 2 amide bonds. The minimum Gasteiger partial charge on any atom is -0.472 e. The standard InChI is InChI=1S/C17H21N3O3S/c1-19(9-14-3-7-24-12-14)16(21)8-15-17(22)18-4-5-20(15)10-13-2-6-23-11-13/h2-3,6-7,11-12,15H,4-5,8-10H2,1H3,(H,18,22)/t15-/m1/s1. The van der Waals surface area contributed by atoms with E-state index >= 15 is 0 Å². The lowest BCUT2D eigenvalue weighted by molar-refractivity contribution is -0.138. The zero-order valence-corrected chi connectivity index (χ0v) is 14.4. The summed E-state index contributed by atoms with van der Waals surface area (Å²) in [6.07, 6.45) is 3.48. The Hall–Kier alpha value is -2.12. The molecule has 7 heteroatoms. The number of nitrogens with one attached hydrogen (secondary N) is 1. The molecule has 1 N–H and O–H groups in total. The number of thiophene rings is 1. The maximum Gasteiger partial charge on any atom is 0.237 e. The molecule has 1 aliphatic heterocycles. The SMILES string of the molecule is CN(Cc1ccsc1)C(=O)C[C@@H]1C(=O)NCCN1Cc1ccoc1. The van der Waals surface area contributed by atoms with E-state index in [1.165, 1.54) is 0 Å². The number of nitrogens with zero attached hydrogens (tertiary/aromatic N) is 2. The van der Waals surface area contributed by atoms with E-state index in [0.29, 0.717) is 19.6 Å². The van der Waals surface area contributed by atoms with E-state index in [4.69, 9.17) is 4.42 Å². The first-order valence-corrected chi connectivity index (χ1v) is 8.85. The second-order valence-corrected chi connectivity index (χ2v) is 6.77. The Kier molecular flexibility index (Phi) is 5.32. The Morgan fingerprint density at radius 1 is 1.46 bits per heavy atom. The molecule has 3 rings (SSSR count). The minimum atomic E-state index is -0.439. The van der Waals surface area contributed by atoms with Crippen molar-refractivity contribution in [3.8, 4) is 0 Å². The summed E-state index contributed by atoms with van der Waals surface area (Å²) < 4.78 is 5.09. The predicted molar refractivity (Wildman–Crippen MR) is 91.3 cm³/mol. The summed E-state index contributed by atoms with van der Waals surface area (Å²) in [7, 11) is 1.78. The molecule has 0 radical (unpaired) electrons. The average molecular weight is 347 g/mol. The molecule has 6 nitrogen and oxygen atoms in total. The summed E-state index contributed by atoms with van der Waals surface area (Å²) in [5.74, 6) is -0.109. The van der Waals surface area contributed by atoms with Crippen molar-refractivity contribution < 1.29 is 14.0 Å². The highest BCUT2D eigenvalue weighted by molar-refractivity contribution is 7.07. The summed E-state index contributed by atoms with van der Waals surface area (Å²) in [5.41, 5.74) is 2.12. The molecule has 0 spiro atoms. The van der Waals surface area contributed by atoms with Crippen molar-refractivity contribution in [2.75, 3.05) is 20.1 Å². The third kappa shape index (κ3) is 4.04. The van der Waals surface area contributed by atoms with Crippen molar-refractivity contribution >= 4 is 23.2 Å². The summed E-state index contributed by atoms with van der Waals surface area (Å²) in [5, 5.41) is 6.88. The Balaban J connectivity index is 1.63. The van der Waals surface area contributed by atoms with Crippen molar-refractivity contribution in [2.45, 2.75) is 25.6 Å². The fourth-order valence-electron chi connectivity index (χ4n) is 2.86. The molecule has 1 fully saturated rings. The Morgan fingerprint density at radius 3 is 3.04 bits per heavy atom. The van der Waals surface area contributed by atoms with Crippen LogP contribution in [0.3, 0.4) is 0 Å². The molecular weight excluding hydrogens is 326 g/mol. The molecule has 0 saturated carbocycles. The van der Waals surface area contributed by atoms with E-state index < -0.39 is 6.04 Å². The van der Waals surface area contributed by atoms with E-state index in [2.05, 4.69) is 5.32 Å². The van der Waals surface area contributed by atoms with Gasteiger partial charge in [-0.3, -0.25) is 14.5 Å². The van der Waals surface area contributed by atoms with Crippen LogP contribution in [0.15, 0.2) is 39.8 Å². The topological polar surface area (TPSA) is 65.8 Å². The molecule has 2 aromatic heterocycles. The van der Waals surface area contributed by atoms with Gasteiger partial charge >= 0.3 is 0 Å². The fourth-order valence-corrected chi connectivity index (χ4v) is 3.52. The van der Waals surface area contributed by atoms with E-state index in [0.717, 1.165) is 17.7 Å². The first-order valence-electron chi connectivity index (χ1n) is 7.91. The number of hydrogen-bond acceptors (Lipinski definition) is 5.